The predicted molar refractivity (Wildman–Crippen MR) is 122 cm³/mol. The van der Waals surface area contributed by atoms with Crippen molar-refractivity contribution in [3.8, 4) is 11.4 Å². The summed E-state index contributed by atoms with van der Waals surface area (Å²) >= 11 is 1.87. The van der Waals surface area contributed by atoms with Crippen LogP contribution in [0.4, 0.5) is 16.3 Å². The van der Waals surface area contributed by atoms with Gasteiger partial charge in [0.25, 0.3) is 0 Å². The van der Waals surface area contributed by atoms with Gasteiger partial charge >= 0.3 is 6.03 Å². The number of benzene rings is 1. The first kappa shape index (κ1) is 20.9. The molecular weight excluding hydrogens is 398 g/mol. The lowest BCUT2D eigenvalue weighted by molar-refractivity contribution is 0.122. The van der Waals surface area contributed by atoms with Gasteiger partial charge in [0.05, 0.1) is 18.9 Å². The molecule has 1 aromatic carbocycles. The Kier molecular flexibility index (Phi) is 6.74. The third-order valence-electron chi connectivity index (χ3n) is 4.98. The molecule has 0 radical (unpaired) electrons. The van der Waals surface area contributed by atoms with Gasteiger partial charge in [-0.05, 0) is 42.4 Å². The lowest BCUT2D eigenvalue weighted by atomic mass is 10.2. The van der Waals surface area contributed by atoms with Crippen molar-refractivity contribution in [1.29, 1.82) is 0 Å². The standard InChI is InChI=1S/C22H29N5O2S/c1-15(2)30-14-19-13-20(27-9-11-29-12-10-27)26-21(23-19)16-3-5-17(6-4-16)24-22(28)25-18-7-8-18/h3-6,13,15,18H,7-12,14H2,1-2H3,(H2,24,25,28). The molecule has 1 saturated heterocycles. The molecular formula is C22H29N5O2S. The van der Waals surface area contributed by atoms with E-state index in [0.29, 0.717) is 17.1 Å². The van der Waals surface area contributed by atoms with E-state index in [1.165, 1.54) is 0 Å². The van der Waals surface area contributed by atoms with Crippen molar-refractivity contribution in [3.63, 3.8) is 0 Å². The highest BCUT2D eigenvalue weighted by molar-refractivity contribution is 7.99. The molecule has 0 unspecified atom stereocenters. The second-order valence-corrected chi connectivity index (χ2v) is 9.52. The Morgan fingerprint density at radius 1 is 1.20 bits per heavy atom. The Morgan fingerprint density at radius 2 is 1.93 bits per heavy atom. The molecule has 4 rings (SSSR count). The first-order chi connectivity index (χ1) is 14.6. The van der Waals surface area contributed by atoms with Crippen LogP contribution in [-0.4, -0.2) is 53.6 Å². The number of hydrogen-bond donors (Lipinski definition) is 2. The lowest BCUT2D eigenvalue weighted by Gasteiger charge is -2.28. The van der Waals surface area contributed by atoms with Crippen LogP contribution >= 0.6 is 11.8 Å². The minimum atomic E-state index is -0.149. The number of aromatic nitrogens is 2. The summed E-state index contributed by atoms with van der Waals surface area (Å²) in [5, 5.41) is 6.36. The molecule has 2 aromatic rings. The maximum Gasteiger partial charge on any atom is 0.319 e. The van der Waals surface area contributed by atoms with E-state index in [1.807, 2.05) is 36.0 Å². The molecule has 2 N–H and O–H groups in total. The van der Waals surface area contributed by atoms with Crippen LogP contribution < -0.4 is 15.5 Å². The number of thioether (sulfide) groups is 1. The maximum atomic E-state index is 11.9. The average Bonchev–Trinajstić information content (AvgIpc) is 3.57. The normalized spacial score (nSPS) is 16.6. The van der Waals surface area contributed by atoms with Crippen molar-refractivity contribution in [3.05, 3.63) is 36.0 Å². The molecule has 0 bridgehead atoms. The van der Waals surface area contributed by atoms with Gasteiger partial charge < -0.3 is 20.3 Å². The minimum absolute atomic E-state index is 0.149. The van der Waals surface area contributed by atoms with Gasteiger partial charge in [-0.15, -0.1) is 0 Å². The van der Waals surface area contributed by atoms with Gasteiger partial charge in [0.1, 0.15) is 5.82 Å². The molecule has 160 valence electrons. The van der Waals surface area contributed by atoms with E-state index in [9.17, 15) is 4.79 Å². The number of hydrogen-bond acceptors (Lipinski definition) is 6. The summed E-state index contributed by atoms with van der Waals surface area (Å²) in [7, 11) is 0. The number of nitrogens with one attached hydrogen (secondary N) is 2. The Morgan fingerprint density at radius 3 is 2.60 bits per heavy atom. The van der Waals surface area contributed by atoms with Crippen LogP contribution in [0.1, 0.15) is 32.4 Å². The molecule has 1 aliphatic heterocycles. The van der Waals surface area contributed by atoms with Crippen molar-refractivity contribution in [2.45, 2.75) is 43.7 Å². The molecule has 8 heteroatoms. The van der Waals surface area contributed by atoms with E-state index >= 15 is 0 Å². The lowest BCUT2D eigenvalue weighted by Crippen LogP contribution is -2.37. The van der Waals surface area contributed by atoms with Crippen molar-refractivity contribution >= 4 is 29.3 Å². The number of urea groups is 1. The van der Waals surface area contributed by atoms with Gasteiger partial charge in [0, 0.05) is 42.2 Å². The van der Waals surface area contributed by atoms with Crippen LogP contribution in [0.3, 0.4) is 0 Å². The summed E-state index contributed by atoms with van der Waals surface area (Å²) in [6, 6.07) is 10.0. The van der Waals surface area contributed by atoms with E-state index in [1.54, 1.807) is 0 Å². The number of carbonyl (C=O) groups is 1. The number of anilines is 2. The third kappa shape index (κ3) is 5.86. The van der Waals surface area contributed by atoms with Crippen molar-refractivity contribution in [2.75, 3.05) is 36.5 Å². The van der Waals surface area contributed by atoms with Crippen LogP contribution in [0.15, 0.2) is 30.3 Å². The summed E-state index contributed by atoms with van der Waals surface area (Å²) in [6.45, 7) is 7.51. The van der Waals surface area contributed by atoms with Gasteiger partial charge in [-0.25, -0.2) is 14.8 Å². The zero-order chi connectivity index (χ0) is 20.9. The van der Waals surface area contributed by atoms with Gasteiger partial charge in [-0.1, -0.05) is 13.8 Å². The quantitative estimate of drug-likeness (QED) is 0.698. The van der Waals surface area contributed by atoms with Gasteiger partial charge in [0.2, 0.25) is 0 Å². The van der Waals surface area contributed by atoms with Gasteiger partial charge in [-0.2, -0.15) is 11.8 Å². The summed E-state index contributed by atoms with van der Waals surface area (Å²) < 4.78 is 5.49. The monoisotopic (exact) mass is 427 g/mol. The van der Waals surface area contributed by atoms with Crippen LogP contribution in [0.25, 0.3) is 11.4 Å². The van der Waals surface area contributed by atoms with Crippen LogP contribution in [-0.2, 0) is 10.5 Å². The summed E-state index contributed by atoms with van der Waals surface area (Å²) in [4.78, 5) is 23.9. The number of carbonyl (C=O) groups excluding carboxylic acids is 1. The van der Waals surface area contributed by atoms with Gasteiger partial charge in [0.15, 0.2) is 5.82 Å². The first-order valence-corrected chi connectivity index (χ1v) is 11.6. The number of ether oxygens (including phenoxy) is 1. The number of rotatable bonds is 7. The maximum absolute atomic E-state index is 11.9. The molecule has 0 atom stereocenters. The number of amides is 2. The molecule has 2 fully saturated rings. The molecule has 2 heterocycles. The molecule has 7 nitrogen and oxygen atoms in total. The zero-order valence-corrected chi connectivity index (χ0v) is 18.4. The fourth-order valence-corrected chi connectivity index (χ4v) is 3.83. The topological polar surface area (TPSA) is 79.4 Å². The smallest absolute Gasteiger partial charge is 0.319 e. The number of nitrogens with zero attached hydrogens (tertiary/aromatic N) is 3. The largest absolute Gasteiger partial charge is 0.378 e. The van der Waals surface area contributed by atoms with Crippen LogP contribution in [0.2, 0.25) is 0 Å². The summed E-state index contributed by atoms with van der Waals surface area (Å²) in [5.41, 5.74) is 2.73. The molecule has 1 aromatic heterocycles. The van der Waals surface area contributed by atoms with Crippen molar-refractivity contribution in [1.82, 2.24) is 15.3 Å². The van der Waals surface area contributed by atoms with E-state index in [4.69, 9.17) is 14.7 Å². The van der Waals surface area contributed by atoms with Crippen molar-refractivity contribution < 1.29 is 9.53 Å². The van der Waals surface area contributed by atoms with E-state index in [-0.39, 0.29) is 6.03 Å². The second-order valence-electron chi connectivity index (χ2n) is 7.95. The van der Waals surface area contributed by atoms with E-state index < -0.39 is 0 Å². The highest BCUT2D eigenvalue weighted by Gasteiger charge is 2.23. The van der Waals surface area contributed by atoms with Crippen LogP contribution in [0.5, 0.6) is 0 Å². The SMILES string of the molecule is CC(C)SCc1cc(N2CCOCC2)nc(-c2ccc(NC(=O)NC3CC3)cc2)n1. The van der Waals surface area contributed by atoms with Crippen LogP contribution in [0, 0.1) is 0 Å². The molecule has 0 spiro atoms. The number of morpholine rings is 1. The Labute approximate surface area is 182 Å². The average molecular weight is 428 g/mol. The zero-order valence-electron chi connectivity index (χ0n) is 17.6. The molecule has 30 heavy (non-hydrogen) atoms. The predicted octanol–water partition coefficient (Wildman–Crippen LogP) is 3.91. The Hall–Kier alpha value is -2.32. The molecule has 1 aliphatic carbocycles. The van der Waals surface area contributed by atoms with E-state index in [0.717, 1.165) is 67.7 Å². The molecule has 2 aliphatic rings. The Balaban J connectivity index is 1.53. The van der Waals surface area contributed by atoms with E-state index in [2.05, 4.69) is 35.4 Å². The highest BCUT2D eigenvalue weighted by Crippen LogP contribution is 2.25. The highest BCUT2D eigenvalue weighted by atomic mass is 32.2. The first-order valence-electron chi connectivity index (χ1n) is 10.6. The second kappa shape index (κ2) is 9.66. The fraction of sp³-hybridized carbons (Fsp3) is 0.500. The molecule has 2 amide bonds. The van der Waals surface area contributed by atoms with Gasteiger partial charge in [-0.3, -0.25) is 0 Å². The molecule has 1 saturated carbocycles. The fourth-order valence-electron chi connectivity index (χ4n) is 3.18. The minimum Gasteiger partial charge on any atom is -0.378 e. The summed E-state index contributed by atoms with van der Waals surface area (Å²) in [5.74, 6) is 2.52. The summed E-state index contributed by atoms with van der Waals surface area (Å²) in [6.07, 6.45) is 2.14. The van der Waals surface area contributed by atoms with Crippen molar-refractivity contribution in [2.24, 2.45) is 0 Å². The Bertz CT molecular complexity index is 864. The third-order valence-corrected chi connectivity index (χ3v) is 6.11.